The Morgan fingerprint density at radius 1 is 1.34 bits per heavy atom. The van der Waals surface area contributed by atoms with E-state index in [4.69, 9.17) is 9.47 Å². The fraction of sp³-hybridized carbons (Fsp3) is 0.476. The van der Waals surface area contributed by atoms with Gasteiger partial charge >= 0.3 is 0 Å². The summed E-state index contributed by atoms with van der Waals surface area (Å²) >= 11 is 0. The van der Waals surface area contributed by atoms with Crippen LogP contribution in [0.4, 0.5) is 0 Å². The fourth-order valence-electron chi connectivity index (χ4n) is 3.08. The van der Waals surface area contributed by atoms with Gasteiger partial charge in [0.05, 0.1) is 14.2 Å². The van der Waals surface area contributed by atoms with Gasteiger partial charge in [-0.3, -0.25) is 9.59 Å². The molecular formula is C21H28N4O4. The van der Waals surface area contributed by atoms with E-state index in [2.05, 4.69) is 10.6 Å². The number of likely N-dealkylation sites (tertiary alicyclic amines) is 1. The van der Waals surface area contributed by atoms with Crippen molar-refractivity contribution in [3.8, 4) is 17.6 Å². The normalized spacial score (nSPS) is 14.9. The van der Waals surface area contributed by atoms with Gasteiger partial charge in [-0.05, 0) is 37.5 Å². The van der Waals surface area contributed by atoms with Crippen LogP contribution in [0, 0.1) is 11.3 Å². The second-order valence-electron chi connectivity index (χ2n) is 6.77. The summed E-state index contributed by atoms with van der Waals surface area (Å²) in [4.78, 5) is 25.6. The summed E-state index contributed by atoms with van der Waals surface area (Å²) in [7, 11) is 3.14. The predicted molar refractivity (Wildman–Crippen MR) is 108 cm³/mol. The first-order valence-electron chi connectivity index (χ1n) is 9.64. The van der Waals surface area contributed by atoms with Crippen LogP contribution in [0.15, 0.2) is 30.0 Å². The molecule has 0 bridgehead atoms. The molecule has 1 atom stereocenters. The van der Waals surface area contributed by atoms with Crippen molar-refractivity contribution in [1.29, 1.82) is 5.26 Å². The monoisotopic (exact) mass is 400 g/mol. The quantitative estimate of drug-likeness (QED) is 0.353. The average Bonchev–Trinajstić information content (AvgIpc) is 3.15. The van der Waals surface area contributed by atoms with E-state index in [0.717, 1.165) is 18.5 Å². The second kappa shape index (κ2) is 11.0. The molecule has 0 aliphatic carbocycles. The Hall–Kier alpha value is -3.21. The SMILES string of the molecule is COc1ccc(C(C)N/C=C(/C#N)C(=O)NCCCN2CCCC2=O)cc1OC. The highest BCUT2D eigenvalue weighted by Gasteiger charge is 2.19. The van der Waals surface area contributed by atoms with Gasteiger partial charge in [0.25, 0.3) is 5.91 Å². The molecule has 29 heavy (non-hydrogen) atoms. The maximum absolute atomic E-state index is 12.2. The van der Waals surface area contributed by atoms with Gasteiger partial charge in [0.2, 0.25) is 5.91 Å². The number of carbonyl (C=O) groups excluding carboxylic acids is 2. The molecule has 1 unspecified atom stereocenters. The van der Waals surface area contributed by atoms with Crippen molar-refractivity contribution in [2.24, 2.45) is 0 Å². The van der Waals surface area contributed by atoms with Crippen molar-refractivity contribution >= 4 is 11.8 Å². The molecule has 1 fully saturated rings. The van der Waals surface area contributed by atoms with Gasteiger partial charge in [-0.2, -0.15) is 5.26 Å². The van der Waals surface area contributed by atoms with E-state index in [9.17, 15) is 14.9 Å². The summed E-state index contributed by atoms with van der Waals surface area (Å²) in [5, 5.41) is 15.1. The Bertz CT molecular complexity index is 800. The smallest absolute Gasteiger partial charge is 0.263 e. The van der Waals surface area contributed by atoms with Crippen molar-refractivity contribution in [2.75, 3.05) is 33.9 Å². The number of hydrogen-bond donors (Lipinski definition) is 2. The third kappa shape index (κ3) is 6.14. The molecule has 1 saturated heterocycles. The molecule has 1 aliphatic heterocycles. The lowest BCUT2D eigenvalue weighted by Crippen LogP contribution is -2.31. The predicted octanol–water partition coefficient (Wildman–Crippen LogP) is 1.89. The Morgan fingerprint density at radius 3 is 2.72 bits per heavy atom. The molecule has 1 heterocycles. The topological polar surface area (TPSA) is 104 Å². The molecule has 8 heteroatoms. The number of methoxy groups -OCH3 is 2. The zero-order valence-corrected chi connectivity index (χ0v) is 17.2. The van der Waals surface area contributed by atoms with Crippen LogP contribution in [-0.4, -0.2) is 50.6 Å². The molecule has 1 aliphatic rings. The lowest BCUT2D eigenvalue weighted by molar-refractivity contribution is -0.127. The molecule has 1 aromatic rings. The first-order chi connectivity index (χ1) is 14.0. The zero-order valence-electron chi connectivity index (χ0n) is 17.2. The molecule has 2 amide bonds. The zero-order chi connectivity index (χ0) is 21.2. The Kier molecular flexibility index (Phi) is 8.34. The van der Waals surface area contributed by atoms with Crippen molar-refractivity contribution in [1.82, 2.24) is 15.5 Å². The highest BCUT2D eigenvalue weighted by molar-refractivity contribution is 5.97. The number of hydrogen-bond acceptors (Lipinski definition) is 6. The Morgan fingerprint density at radius 2 is 2.10 bits per heavy atom. The van der Waals surface area contributed by atoms with Gasteiger partial charge in [0.15, 0.2) is 11.5 Å². The van der Waals surface area contributed by atoms with Gasteiger partial charge in [0, 0.05) is 38.3 Å². The largest absolute Gasteiger partial charge is 0.493 e. The summed E-state index contributed by atoms with van der Waals surface area (Å²) in [5.41, 5.74) is 0.918. The molecule has 2 N–H and O–H groups in total. The van der Waals surface area contributed by atoms with Crippen molar-refractivity contribution in [2.45, 2.75) is 32.2 Å². The van der Waals surface area contributed by atoms with Crippen LogP contribution in [0.5, 0.6) is 11.5 Å². The van der Waals surface area contributed by atoms with Crippen LogP contribution in [0.25, 0.3) is 0 Å². The number of ether oxygens (including phenoxy) is 2. The van der Waals surface area contributed by atoms with Gasteiger partial charge in [-0.15, -0.1) is 0 Å². The average molecular weight is 400 g/mol. The summed E-state index contributed by atoms with van der Waals surface area (Å²) in [6.45, 7) is 3.73. The van der Waals surface area contributed by atoms with E-state index in [1.54, 1.807) is 25.2 Å². The fourth-order valence-corrected chi connectivity index (χ4v) is 3.08. The molecule has 1 aromatic carbocycles. The number of rotatable bonds is 10. The standard InChI is InChI=1S/C21H28N4O4/c1-15(16-7-8-18(28-2)19(12-16)29-3)24-14-17(13-22)21(27)23-9-5-11-25-10-4-6-20(25)26/h7-8,12,14-15,24H,4-6,9-11H2,1-3H3,(H,23,27)/b17-14-. The molecule has 156 valence electrons. The lowest BCUT2D eigenvalue weighted by Gasteiger charge is -2.16. The number of nitriles is 1. The molecule has 0 spiro atoms. The van der Waals surface area contributed by atoms with Gasteiger partial charge < -0.3 is 25.0 Å². The van der Waals surface area contributed by atoms with Crippen LogP contribution in [0.1, 0.15) is 37.8 Å². The Labute approximate surface area is 171 Å². The van der Waals surface area contributed by atoms with Crippen molar-refractivity contribution < 1.29 is 19.1 Å². The van der Waals surface area contributed by atoms with Crippen LogP contribution in [0.2, 0.25) is 0 Å². The van der Waals surface area contributed by atoms with Crippen LogP contribution in [-0.2, 0) is 9.59 Å². The molecule has 8 nitrogen and oxygen atoms in total. The first kappa shape index (κ1) is 22.1. The number of carbonyl (C=O) groups is 2. The van der Waals surface area contributed by atoms with E-state index in [1.165, 1.54) is 6.20 Å². The van der Waals surface area contributed by atoms with Crippen molar-refractivity contribution in [3.05, 3.63) is 35.5 Å². The third-order valence-corrected chi connectivity index (χ3v) is 4.81. The maximum Gasteiger partial charge on any atom is 0.263 e. The minimum Gasteiger partial charge on any atom is -0.493 e. The van der Waals surface area contributed by atoms with Gasteiger partial charge in [-0.25, -0.2) is 0 Å². The van der Waals surface area contributed by atoms with E-state index >= 15 is 0 Å². The van der Waals surface area contributed by atoms with Crippen LogP contribution >= 0.6 is 0 Å². The van der Waals surface area contributed by atoms with Gasteiger partial charge in [0.1, 0.15) is 11.6 Å². The lowest BCUT2D eigenvalue weighted by atomic mass is 10.1. The molecule has 0 saturated carbocycles. The Balaban J connectivity index is 1.85. The van der Waals surface area contributed by atoms with E-state index < -0.39 is 5.91 Å². The second-order valence-corrected chi connectivity index (χ2v) is 6.77. The van der Waals surface area contributed by atoms with Crippen molar-refractivity contribution in [3.63, 3.8) is 0 Å². The highest BCUT2D eigenvalue weighted by Crippen LogP contribution is 2.29. The maximum atomic E-state index is 12.2. The number of amides is 2. The summed E-state index contributed by atoms with van der Waals surface area (Å²) in [6.07, 6.45) is 3.58. The summed E-state index contributed by atoms with van der Waals surface area (Å²) in [6, 6.07) is 7.31. The first-order valence-corrected chi connectivity index (χ1v) is 9.64. The summed E-state index contributed by atoms with van der Waals surface area (Å²) in [5.74, 6) is 0.971. The van der Waals surface area contributed by atoms with Crippen LogP contribution < -0.4 is 20.1 Å². The van der Waals surface area contributed by atoms with E-state index in [-0.39, 0.29) is 17.5 Å². The van der Waals surface area contributed by atoms with Gasteiger partial charge in [-0.1, -0.05) is 6.07 Å². The molecule has 2 rings (SSSR count). The number of benzene rings is 1. The summed E-state index contributed by atoms with van der Waals surface area (Å²) < 4.78 is 10.5. The molecular weight excluding hydrogens is 372 g/mol. The minimum absolute atomic E-state index is 0.00502. The third-order valence-electron chi connectivity index (χ3n) is 4.81. The number of nitrogens with zero attached hydrogens (tertiary/aromatic N) is 2. The van der Waals surface area contributed by atoms with Crippen LogP contribution in [0.3, 0.4) is 0 Å². The number of nitrogens with one attached hydrogen (secondary N) is 2. The highest BCUT2D eigenvalue weighted by atomic mass is 16.5. The molecule has 0 radical (unpaired) electrons. The van der Waals surface area contributed by atoms with E-state index in [1.807, 2.05) is 25.1 Å². The van der Waals surface area contributed by atoms with E-state index in [0.29, 0.717) is 37.4 Å². The molecule has 0 aromatic heterocycles. The minimum atomic E-state index is -0.438.